The maximum atomic E-state index is 12.0. The lowest BCUT2D eigenvalue weighted by Gasteiger charge is -2.08. The Morgan fingerprint density at radius 2 is 1.94 bits per heavy atom. The van der Waals surface area contributed by atoms with Crippen LogP contribution >= 0.6 is 23.2 Å². The Hall–Kier alpha value is -1.71. The standard InChI is InChI=1S/C13H7Cl2NO2/c14-7-4-5-10-11(6-7)18-12-8(13(17)16-10)2-1-3-9(12)15/h1-6H,(H,16,17). The highest BCUT2D eigenvalue weighted by Crippen LogP contribution is 2.40. The van der Waals surface area contributed by atoms with Crippen LogP contribution in [-0.2, 0) is 0 Å². The van der Waals surface area contributed by atoms with Gasteiger partial charge in [0.25, 0.3) is 5.91 Å². The Morgan fingerprint density at radius 1 is 1.11 bits per heavy atom. The van der Waals surface area contributed by atoms with Crippen LogP contribution in [0.4, 0.5) is 5.69 Å². The first kappa shape index (κ1) is 11.4. The third-order valence-electron chi connectivity index (χ3n) is 2.62. The molecule has 0 saturated carbocycles. The second-order valence-corrected chi connectivity index (χ2v) is 4.66. The molecule has 2 aromatic carbocycles. The molecule has 1 amide bonds. The number of carbonyl (C=O) groups excluding carboxylic acids is 1. The molecule has 0 unspecified atom stereocenters. The van der Waals surface area contributed by atoms with Gasteiger partial charge in [-0.15, -0.1) is 0 Å². The van der Waals surface area contributed by atoms with Crippen LogP contribution in [0.15, 0.2) is 36.4 Å². The molecule has 1 aliphatic rings. The van der Waals surface area contributed by atoms with Crippen LogP contribution in [-0.4, -0.2) is 5.91 Å². The van der Waals surface area contributed by atoms with Gasteiger partial charge in [0, 0.05) is 11.1 Å². The first-order chi connectivity index (χ1) is 8.65. The Morgan fingerprint density at radius 3 is 2.78 bits per heavy atom. The summed E-state index contributed by atoms with van der Waals surface area (Å²) in [5.74, 6) is 0.564. The third kappa shape index (κ3) is 1.82. The number of rotatable bonds is 0. The summed E-state index contributed by atoms with van der Waals surface area (Å²) in [7, 11) is 0. The molecule has 0 bridgehead atoms. The average molecular weight is 280 g/mol. The predicted octanol–water partition coefficient (Wildman–Crippen LogP) is 4.35. The number of amides is 1. The minimum atomic E-state index is -0.256. The van der Waals surface area contributed by atoms with E-state index in [0.29, 0.717) is 32.8 Å². The summed E-state index contributed by atoms with van der Waals surface area (Å²) < 4.78 is 5.68. The lowest BCUT2D eigenvalue weighted by atomic mass is 10.2. The van der Waals surface area contributed by atoms with Gasteiger partial charge in [0.05, 0.1) is 16.3 Å². The number of halogens is 2. The second kappa shape index (κ2) is 4.19. The van der Waals surface area contributed by atoms with Crippen molar-refractivity contribution in [3.05, 3.63) is 52.0 Å². The molecule has 0 saturated heterocycles. The Kier molecular flexibility index (Phi) is 2.65. The van der Waals surface area contributed by atoms with E-state index >= 15 is 0 Å². The molecule has 0 spiro atoms. The molecule has 2 aromatic rings. The molecular formula is C13H7Cl2NO2. The minimum absolute atomic E-state index is 0.256. The summed E-state index contributed by atoms with van der Waals surface area (Å²) in [5.41, 5.74) is 0.964. The van der Waals surface area contributed by atoms with Crippen molar-refractivity contribution in [3.63, 3.8) is 0 Å². The summed E-state index contributed by atoms with van der Waals surface area (Å²) in [6.07, 6.45) is 0. The monoisotopic (exact) mass is 279 g/mol. The third-order valence-corrected chi connectivity index (χ3v) is 3.15. The van der Waals surface area contributed by atoms with Crippen LogP contribution < -0.4 is 10.1 Å². The van der Waals surface area contributed by atoms with Gasteiger partial charge < -0.3 is 10.1 Å². The van der Waals surface area contributed by atoms with Crippen LogP contribution in [0, 0.1) is 0 Å². The van der Waals surface area contributed by atoms with Gasteiger partial charge in [0.1, 0.15) is 0 Å². The Bertz CT molecular complexity index is 655. The molecule has 1 aliphatic heterocycles. The Labute approximate surface area is 113 Å². The van der Waals surface area contributed by atoms with Crippen LogP contribution in [0.3, 0.4) is 0 Å². The second-order valence-electron chi connectivity index (χ2n) is 3.81. The molecule has 3 nitrogen and oxygen atoms in total. The summed E-state index contributed by atoms with van der Waals surface area (Å²) in [6.45, 7) is 0. The predicted molar refractivity (Wildman–Crippen MR) is 70.9 cm³/mol. The van der Waals surface area contributed by atoms with Crippen molar-refractivity contribution < 1.29 is 9.53 Å². The molecule has 1 N–H and O–H groups in total. The fourth-order valence-corrected chi connectivity index (χ4v) is 2.15. The zero-order chi connectivity index (χ0) is 12.7. The molecule has 1 heterocycles. The van der Waals surface area contributed by atoms with Crippen molar-refractivity contribution in [2.45, 2.75) is 0 Å². The average Bonchev–Trinajstić information content (AvgIpc) is 2.47. The Balaban J connectivity index is 2.21. The van der Waals surface area contributed by atoms with Gasteiger partial charge in [-0.25, -0.2) is 0 Å². The summed E-state index contributed by atoms with van der Waals surface area (Å²) in [4.78, 5) is 12.0. The lowest BCUT2D eigenvalue weighted by Crippen LogP contribution is -2.10. The molecule has 0 radical (unpaired) electrons. The van der Waals surface area contributed by atoms with Gasteiger partial charge in [-0.1, -0.05) is 29.3 Å². The van der Waals surface area contributed by atoms with Crippen molar-refractivity contribution in [1.82, 2.24) is 0 Å². The van der Waals surface area contributed by atoms with E-state index in [1.54, 1.807) is 36.4 Å². The van der Waals surface area contributed by atoms with Gasteiger partial charge in [-0.05, 0) is 24.3 Å². The molecule has 0 atom stereocenters. The van der Waals surface area contributed by atoms with Gasteiger partial charge in [0.15, 0.2) is 11.5 Å². The van der Waals surface area contributed by atoms with E-state index in [1.165, 1.54) is 0 Å². The largest absolute Gasteiger partial charge is 0.453 e. The van der Waals surface area contributed by atoms with Gasteiger partial charge in [-0.3, -0.25) is 4.79 Å². The van der Waals surface area contributed by atoms with E-state index < -0.39 is 0 Å². The number of ether oxygens (including phenoxy) is 1. The smallest absolute Gasteiger partial charge is 0.259 e. The topological polar surface area (TPSA) is 38.3 Å². The molecular weight excluding hydrogens is 273 g/mol. The van der Waals surface area contributed by atoms with Gasteiger partial charge in [0.2, 0.25) is 0 Å². The number of nitrogens with one attached hydrogen (secondary N) is 1. The first-order valence-corrected chi connectivity index (χ1v) is 5.98. The molecule has 90 valence electrons. The number of hydrogen-bond donors (Lipinski definition) is 1. The van der Waals surface area contributed by atoms with Crippen LogP contribution in [0.25, 0.3) is 0 Å². The van der Waals surface area contributed by atoms with Gasteiger partial charge >= 0.3 is 0 Å². The molecule has 18 heavy (non-hydrogen) atoms. The van der Waals surface area contributed by atoms with E-state index in [-0.39, 0.29) is 5.91 Å². The van der Waals surface area contributed by atoms with Crippen molar-refractivity contribution in [2.24, 2.45) is 0 Å². The van der Waals surface area contributed by atoms with Gasteiger partial charge in [-0.2, -0.15) is 0 Å². The SMILES string of the molecule is O=C1Nc2ccc(Cl)cc2Oc2c(Cl)cccc21. The number of benzene rings is 2. The zero-order valence-corrected chi connectivity index (χ0v) is 10.5. The number of carbonyl (C=O) groups is 1. The van der Waals surface area contributed by atoms with Crippen molar-refractivity contribution in [1.29, 1.82) is 0 Å². The number of hydrogen-bond acceptors (Lipinski definition) is 2. The highest BCUT2D eigenvalue weighted by Gasteiger charge is 2.22. The molecule has 0 fully saturated rings. The fourth-order valence-electron chi connectivity index (χ4n) is 1.77. The van der Waals surface area contributed by atoms with Crippen molar-refractivity contribution >= 4 is 34.8 Å². The summed E-state index contributed by atoms with van der Waals surface area (Å²) in [6, 6.07) is 10.0. The first-order valence-electron chi connectivity index (χ1n) is 5.22. The van der Waals surface area contributed by atoms with Crippen LogP contribution in [0.2, 0.25) is 10.0 Å². The van der Waals surface area contributed by atoms with Crippen molar-refractivity contribution in [3.8, 4) is 11.5 Å². The lowest BCUT2D eigenvalue weighted by molar-refractivity contribution is 0.102. The highest BCUT2D eigenvalue weighted by molar-refractivity contribution is 6.33. The zero-order valence-electron chi connectivity index (χ0n) is 9.04. The van der Waals surface area contributed by atoms with E-state index in [1.807, 2.05) is 0 Å². The minimum Gasteiger partial charge on any atom is -0.453 e. The summed E-state index contributed by atoms with van der Waals surface area (Å²) >= 11 is 12.0. The number of anilines is 1. The van der Waals surface area contributed by atoms with E-state index in [4.69, 9.17) is 27.9 Å². The maximum absolute atomic E-state index is 12.0. The maximum Gasteiger partial charge on any atom is 0.259 e. The number of para-hydroxylation sites is 1. The highest BCUT2D eigenvalue weighted by atomic mass is 35.5. The molecule has 0 aromatic heterocycles. The van der Waals surface area contributed by atoms with E-state index in [0.717, 1.165) is 0 Å². The number of fused-ring (bicyclic) bond motifs is 2. The molecule has 0 aliphatic carbocycles. The van der Waals surface area contributed by atoms with Crippen LogP contribution in [0.1, 0.15) is 10.4 Å². The van der Waals surface area contributed by atoms with Crippen molar-refractivity contribution in [2.75, 3.05) is 5.32 Å². The van der Waals surface area contributed by atoms with Crippen LogP contribution in [0.5, 0.6) is 11.5 Å². The summed E-state index contributed by atoms with van der Waals surface area (Å²) in [5, 5.41) is 3.66. The quantitative estimate of drug-likeness (QED) is 0.779. The van der Waals surface area contributed by atoms with E-state index in [2.05, 4.69) is 5.32 Å². The fraction of sp³-hybridized carbons (Fsp3) is 0. The van der Waals surface area contributed by atoms with E-state index in [9.17, 15) is 4.79 Å². The normalized spacial score (nSPS) is 12.9. The molecule has 3 rings (SSSR count). The molecule has 5 heteroatoms.